The summed E-state index contributed by atoms with van der Waals surface area (Å²) in [4.78, 5) is 0. The van der Waals surface area contributed by atoms with E-state index in [9.17, 15) is 10.2 Å². The first-order valence-corrected chi connectivity index (χ1v) is 14.1. The molecular weight excluding hydrogens is 456 g/mol. The molecule has 0 aromatic rings. The van der Waals surface area contributed by atoms with Crippen LogP contribution in [0.25, 0.3) is 0 Å². The molecule has 4 saturated heterocycles. The van der Waals surface area contributed by atoms with Crippen molar-refractivity contribution in [1.29, 1.82) is 0 Å². The average molecular weight is 507 g/mol. The number of aliphatic hydroxyl groups excluding tert-OH is 1. The van der Waals surface area contributed by atoms with Gasteiger partial charge in [-0.1, -0.05) is 18.7 Å². The van der Waals surface area contributed by atoms with Crippen LogP contribution in [0.15, 0.2) is 24.3 Å². The van der Waals surface area contributed by atoms with Crippen LogP contribution in [-0.2, 0) is 18.9 Å². The van der Waals surface area contributed by atoms with Crippen molar-refractivity contribution in [1.82, 2.24) is 0 Å². The molecule has 0 radical (unpaired) electrons. The number of fused-ring (bicyclic) bond motifs is 1. The van der Waals surface area contributed by atoms with Crippen molar-refractivity contribution in [3.63, 3.8) is 0 Å². The molecule has 0 unspecified atom stereocenters. The van der Waals surface area contributed by atoms with Crippen molar-refractivity contribution in [2.45, 2.75) is 165 Å². The van der Waals surface area contributed by atoms with Crippen molar-refractivity contribution in [3.05, 3.63) is 24.3 Å². The first-order chi connectivity index (χ1) is 16.7. The Morgan fingerprint density at radius 2 is 1.50 bits per heavy atom. The highest BCUT2D eigenvalue weighted by molar-refractivity contribution is 5.11. The normalized spacial score (nSPS) is 44.3. The molecule has 0 spiro atoms. The second kappa shape index (κ2) is 10.1. The maximum atomic E-state index is 11.0. The Kier molecular flexibility index (Phi) is 7.92. The number of rotatable bonds is 8. The van der Waals surface area contributed by atoms with Crippen LogP contribution in [0.5, 0.6) is 0 Å². The molecule has 206 valence electrons. The maximum Gasteiger partial charge on any atom is 0.0924 e. The third-order valence-corrected chi connectivity index (χ3v) is 9.56. The third kappa shape index (κ3) is 5.64. The molecule has 4 heterocycles. The van der Waals surface area contributed by atoms with Crippen molar-refractivity contribution in [2.24, 2.45) is 0 Å². The molecule has 4 aliphatic rings. The van der Waals surface area contributed by atoms with Crippen molar-refractivity contribution >= 4 is 0 Å². The van der Waals surface area contributed by atoms with Crippen molar-refractivity contribution < 1.29 is 29.2 Å². The Morgan fingerprint density at radius 1 is 0.889 bits per heavy atom. The van der Waals surface area contributed by atoms with Crippen LogP contribution < -0.4 is 0 Å². The van der Waals surface area contributed by atoms with E-state index in [-0.39, 0.29) is 41.7 Å². The number of hydrogen-bond donors (Lipinski definition) is 2. The molecule has 4 rings (SSSR count). The summed E-state index contributed by atoms with van der Waals surface area (Å²) in [5.74, 6) is 0. The largest absolute Gasteiger partial charge is 0.390 e. The van der Waals surface area contributed by atoms with E-state index < -0.39 is 17.3 Å². The van der Waals surface area contributed by atoms with Crippen LogP contribution in [0.3, 0.4) is 0 Å². The van der Waals surface area contributed by atoms with Gasteiger partial charge in [0.05, 0.1) is 59.0 Å². The van der Waals surface area contributed by atoms with Crippen LogP contribution in [0, 0.1) is 0 Å². The summed E-state index contributed by atoms with van der Waals surface area (Å²) < 4.78 is 25.9. The average Bonchev–Trinajstić information content (AvgIpc) is 3.41. The predicted molar refractivity (Wildman–Crippen MR) is 141 cm³/mol. The molecule has 4 fully saturated rings. The van der Waals surface area contributed by atoms with Crippen LogP contribution in [0.1, 0.15) is 106 Å². The molecule has 0 amide bonds. The number of ether oxygens (including phenoxy) is 4. The van der Waals surface area contributed by atoms with Gasteiger partial charge in [0.1, 0.15) is 0 Å². The maximum absolute atomic E-state index is 11.0. The summed E-state index contributed by atoms with van der Waals surface area (Å²) in [6, 6.07) is 0. The van der Waals surface area contributed by atoms with Gasteiger partial charge in [0.25, 0.3) is 0 Å². The van der Waals surface area contributed by atoms with Gasteiger partial charge in [-0.15, -0.1) is 0 Å². The highest BCUT2D eigenvalue weighted by Crippen LogP contribution is 2.47. The van der Waals surface area contributed by atoms with E-state index in [0.29, 0.717) is 12.8 Å². The van der Waals surface area contributed by atoms with Gasteiger partial charge in [-0.25, -0.2) is 0 Å². The summed E-state index contributed by atoms with van der Waals surface area (Å²) in [5.41, 5.74) is -0.000738. The minimum atomic E-state index is -0.905. The Bertz CT molecular complexity index is 834. The minimum absolute atomic E-state index is 0.0221. The SMILES string of the molecule is C=C(C)[C@@H]1CC[C@@](C)([C@H]2CC[C@]3(C)O[C@@H](C(=C)CC[C@H](O)[C@@]4(C)CC[C@H](C(C)(C)O)O4)CC[C@H]3O2)O1. The van der Waals surface area contributed by atoms with Gasteiger partial charge >= 0.3 is 0 Å². The van der Waals surface area contributed by atoms with Crippen LogP contribution in [-0.4, -0.2) is 69.2 Å². The molecule has 2 N–H and O–H groups in total. The van der Waals surface area contributed by atoms with Gasteiger partial charge in [-0.2, -0.15) is 0 Å². The second-order valence-corrected chi connectivity index (χ2v) is 13.3. The predicted octanol–water partition coefficient (Wildman–Crippen LogP) is 5.39. The molecule has 0 bridgehead atoms. The van der Waals surface area contributed by atoms with Gasteiger partial charge in [-0.3, -0.25) is 0 Å². The molecule has 0 saturated carbocycles. The van der Waals surface area contributed by atoms with E-state index in [2.05, 4.69) is 27.0 Å². The molecule has 6 nitrogen and oxygen atoms in total. The fourth-order valence-electron chi connectivity index (χ4n) is 6.76. The highest BCUT2D eigenvalue weighted by atomic mass is 16.6. The van der Waals surface area contributed by atoms with Gasteiger partial charge in [-0.05, 0) is 111 Å². The Hall–Kier alpha value is -0.760. The molecule has 4 aliphatic heterocycles. The summed E-state index contributed by atoms with van der Waals surface area (Å²) in [7, 11) is 0. The lowest BCUT2D eigenvalue weighted by Crippen LogP contribution is -2.58. The van der Waals surface area contributed by atoms with E-state index in [1.54, 1.807) is 13.8 Å². The van der Waals surface area contributed by atoms with E-state index in [1.165, 1.54) is 0 Å². The van der Waals surface area contributed by atoms with Gasteiger partial charge < -0.3 is 29.2 Å². The minimum Gasteiger partial charge on any atom is -0.390 e. The van der Waals surface area contributed by atoms with Gasteiger partial charge in [0.15, 0.2) is 0 Å². The van der Waals surface area contributed by atoms with E-state index in [4.69, 9.17) is 18.9 Å². The molecular formula is C30H50O6. The summed E-state index contributed by atoms with van der Waals surface area (Å²) in [6.45, 7) is 20.4. The Labute approximate surface area is 218 Å². The molecule has 0 aromatic carbocycles. The molecule has 36 heavy (non-hydrogen) atoms. The molecule has 9 atom stereocenters. The van der Waals surface area contributed by atoms with Crippen LogP contribution in [0.2, 0.25) is 0 Å². The first-order valence-electron chi connectivity index (χ1n) is 14.1. The first kappa shape index (κ1) is 28.3. The lowest BCUT2D eigenvalue weighted by Gasteiger charge is -2.52. The standard InChI is InChI=1S/C30H50O6/c1-19(2)21-13-16-29(7,34-21)26-15-18-30(8)25(33-26)12-10-22(35-30)20(3)9-11-23(31)28(6)17-14-24(36-28)27(4,5)32/h21-26,31-32H,1,3,9-18H2,2,4-8H3/t21-,22+,23-,24+,25+,26+,28+,29-,30-/m0/s1. The van der Waals surface area contributed by atoms with Crippen molar-refractivity contribution in [2.75, 3.05) is 0 Å². The quantitative estimate of drug-likeness (QED) is 0.430. The highest BCUT2D eigenvalue weighted by Gasteiger charge is 2.53. The number of hydrogen-bond acceptors (Lipinski definition) is 6. The lowest BCUT2D eigenvalue weighted by atomic mass is 9.78. The monoisotopic (exact) mass is 506 g/mol. The summed E-state index contributed by atoms with van der Waals surface area (Å²) in [5, 5.41) is 21.3. The number of aliphatic hydroxyl groups is 2. The van der Waals surface area contributed by atoms with Gasteiger partial charge in [0.2, 0.25) is 0 Å². The molecule has 6 heteroatoms. The van der Waals surface area contributed by atoms with Gasteiger partial charge in [0, 0.05) is 0 Å². The van der Waals surface area contributed by atoms with E-state index in [1.807, 2.05) is 13.8 Å². The summed E-state index contributed by atoms with van der Waals surface area (Å²) in [6.07, 6.45) is 7.84. The van der Waals surface area contributed by atoms with E-state index in [0.717, 1.165) is 62.5 Å². The Morgan fingerprint density at radius 3 is 2.08 bits per heavy atom. The third-order valence-electron chi connectivity index (χ3n) is 9.56. The van der Waals surface area contributed by atoms with Crippen LogP contribution >= 0.6 is 0 Å². The zero-order chi connectivity index (χ0) is 26.5. The second-order valence-electron chi connectivity index (χ2n) is 13.3. The van der Waals surface area contributed by atoms with Crippen molar-refractivity contribution in [3.8, 4) is 0 Å². The van der Waals surface area contributed by atoms with E-state index >= 15 is 0 Å². The zero-order valence-corrected chi connectivity index (χ0v) is 23.5. The topological polar surface area (TPSA) is 77.4 Å². The Balaban J connectivity index is 1.28. The smallest absolute Gasteiger partial charge is 0.0924 e. The zero-order valence-electron chi connectivity index (χ0n) is 23.5. The van der Waals surface area contributed by atoms with Crippen LogP contribution in [0.4, 0.5) is 0 Å². The summed E-state index contributed by atoms with van der Waals surface area (Å²) >= 11 is 0. The fourth-order valence-corrected chi connectivity index (χ4v) is 6.76. The fraction of sp³-hybridized carbons (Fsp3) is 0.867. The molecule has 0 aromatic heterocycles. The lowest BCUT2D eigenvalue weighted by molar-refractivity contribution is -0.260. The molecule has 0 aliphatic carbocycles.